The molecule has 2 rings (SSSR count). The summed E-state index contributed by atoms with van der Waals surface area (Å²) >= 11 is 0. The van der Waals surface area contributed by atoms with Crippen LogP contribution in [0.25, 0.3) is 0 Å². The molecule has 158 valence electrons. The highest BCUT2D eigenvalue weighted by Gasteiger charge is 2.22. The highest BCUT2D eigenvalue weighted by molar-refractivity contribution is 5.82. The van der Waals surface area contributed by atoms with Gasteiger partial charge in [-0.05, 0) is 19.3 Å². The van der Waals surface area contributed by atoms with Crippen molar-refractivity contribution < 1.29 is 9.59 Å². The van der Waals surface area contributed by atoms with Crippen molar-refractivity contribution in [3.8, 4) is 0 Å². The van der Waals surface area contributed by atoms with E-state index in [2.05, 4.69) is 12.2 Å². The van der Waals surface area contributed by atoms with Crippen molar-refractivity contribution in [2.45, 2.75) is 97.8 Å². The maximum Gasteiger partial charge on any atom is 0.222 e. The van der Waals surface area contributed by atoms with Crippen LogP contribution >= 0.6 is 0 Å². The summed E-state index contributed by atoms with van der Waals surface area (Å²) in [5.41, 5.74) is 0. The number of nitrogens with one attached hydrogen (secondary N) is 1. The van der Waals surface area contributed by atoms with Gasteiger partial charge in [-0.3, -0.25) is 9.59 Å². The van der Waals surface area contributed by atoms with E-state index < -0.39 is 0 Å². The van der Waals surface area contributed by atoms with Crippen LogP contribution < -0.4 is 5.32 Å². The number of carbonyl (C=O) groups is 2. The van der Waals surface area contributed by atoms with Gasteiger partial charge in [-0.25, -0.2) is 0 Å². The third-order valence-electron chi connectivity index (χ3n) is 5.79. The molecule has 1 N–H and O–H groups in total. The Kier molecular flexibility index (Phi) is 13.5. The number of amides is 1. The lowest BCUT2D eigenvalue weighted by molar-refractivity contribution is -0.132. The van der Waals surface area contributed by atoms with Crippen molar-refractivity contribution in [3.05, 3.63) is 0 Å². The Balaban J connectivity index is 0.000000289. The number of unbranched alkanes of at least 4 members (excludes halogenated alkanes) is 5. The molecular weight excluding hydrogens is 336 g/mol. The van der Waals surface area contributed by atoms with Crippen LogP contribution in [0.2, 0.25) is 0 Å². The van der Waals surface area contributed by atoms with E-state index >= 15 is 0 Å². The molecule has 4 heteroatoms. The topological polar surface area (TPSA) is 49.4 Å². The van der Waals surface area contributed by atoms with Crippen molar-refractivity contribution in [2.24, 2.45) is 11.8 Å². The highest BCUT2D eigenvalue weighted by atomic mass is 16.2. The predicted octanol–water partition coefficient (Wildman–Crippen LogP) is 4.96. The van der Waals surface area contributed by atoms with Crippen LogP contribution in [0.15, 0.2) is 0 Å². The number of Topliss-reactive ketones (excluding diaryl/α,β-unsaturated/α-hetero) is 1. The van der Waals surface area contributed by atoms with Gasteiger partial charge in [0.1, 0.15) is 5.78 Å². The molecule has 0 unspecified atom stereocenters. The summed E-state index contributed by atoms with van der Waals surface area (Å²) < 4.78 is 0. The molecule has 0 atom stereocenters. The number of hydrogen-bond acceptors (Lipinski definition) is 3. The molecule has 0 bridgehead atoms. The van der Waals surface area contributed by atoms with Gasteiger partial charge in [0.15, 0.2) is 0 Å². The third kappa shape index (κ3) is 10.9. The maximum absolute atomic E-state index is 11.8. The lowest BCUT2D eigenvalue weighted by Gasteiger charge is -2.27. The first-order valence-electron chi connectivity index (χ1n) is 11.6. The quantitative estimate of drug-likeness (QED) is 0.575. The molecule has 1 aliphatic heterocycles. The van der Waals surface area contributed by atoms with E-state index in [0.29, 0.717) is 17.6 Å². The SMILES string of the molecule is CC(C)C(=O)C1CCCCC1.CCCCCCCCC(=O)N1CCNCC1. The lowest BCUT2D eigenvalue weighted by atomic mass is 9.83. The molecule has 1 aliphatic carbocycles. The number of ketones is 1. The first-order valence-corrected chi connectivity index (χ1v) is 11.6. The van der Waals surface area contributed by atoms with E-state index in [9.17, 15) is 9.59 Å². The zero-order valence-electron chi connectivity index (χ0n) is 18.2. The zero-order chi connectivity index (χ0) is 19.9. The summed E-state index contributed by atoms with van der Waals surface area (Å²) in [6, 6.07) is 0. The Morgan fingerprint density at radius 1 is 0.926 bits per heavy atom. The molecular formula is C23H44N2O2. The zero-order valence-corrected chi connectivity index (χ0v) is 18.2. The fourth-order valence-corrected chi connectivity index (χ4v) is 3.99. The molecule has 1 heterocycles. The molecule has 0 aromatic rings. The van der Waals surface area contributed by atoms with E-state index in [0.717, 1.165) is 51.9 Å². The molecule has 2 fully saturated rings. The van der Waals surface area contributed by atoms with E-state index in [1.165, 1.54) is 51.4 Å². The van der Waals surface area contributed by atoms with E-state index in [-0.39, 0.29) is 5.92 Å². The first-order chi connectivity index (χ1) is 13.1. The van der Waals surface area contributed by atoms with Gasteiger partial charge in [-0.1, -0.05) is 72.1 Å². The van der Waals surface area contributed by atoms with Crippen LogP contribution in [-0.2, 0) is 9.59 Å². The standard InChI is InChI=1S/C13H26N2O.C10H18O/c1-2-3-4-5-6-7-8-13(16)15-11-9-14-10-12-15;1-8(2)10(11)9-6-4-3-5-7-9/h14H,2-12H2,1H3;8-9H,3-7H2,1-2H3. The number of hydrogen-bond donors (Lipinski definition) is 1. The molecule has 0 spiro atoms. The molecule has 1 amide bonds. The number of nitrogens with zero attached hydrogens (tertiary/aromatic N) is 1. The molecule has 4 nitrogen and oxygen atoms in total. The molecule has 0 aromatic carbocycles. The molecule has 27 heavy (non-hydrogen) atoms. The Morgan fingerprint density at radius 3 is 2.11 bits per heavy atom. The van der Waals surface area contributed by atoms with Gasteiger partial charge >= 0.3 is 0 Å². The highest BCUT2D eigenvalue weighted by Crippen LogP contribution is 2.26. The van der Waals surface area contributed by atoms with E-state index in [1.807, 2.05) is 18.7 Å². The number of piperazine rings is 1. The fraction of sp³-hybridized carbons (Fsp3) is 0.913. The Bertz CT molecular complexity index is 397. The second-order valence-corrected chi connectivity index (χ2v) is 8.54. The van der Waals surface area contributed by atoms with E-state index in [1.54, 1.807) is 0 Å². The molecule has 1 saturated heterocycles. The summed E-state index contributed by atoms with van der Waals surface area (Å²) in [7, 11) is 0. The smallest absolute Gasteiger partial charge is 0.222 e. The van der Waals surface area contributed by atoms with E-state index in [4.69, 9.17) is 0 Å². The molecule has 0 radical (unpaired) electrons. The predicted molar refractivity (Wildman–Crippen MR) is 114 cm³/mol. The monoisotopic (exact) mass is 380 g/mol. The van der Waals surface area contributed by atoms with Crippen LogP contribution in [0.3, 0.4) is 0 Å². The minimum Gasteiger partial charge on any atom is -0.340 e. The average molecular weight is 381 g/mol. The van der Waals surface area contributed by atoms with Crippen molar-refractivity contribution in [3.63, 3.8) is 0 Å². The summed E-state index contributed by atoms with van der Waals surface area (Å²) in [6.45, 7) is 9.97. The second-order valence-electron chi connectivity index (χ2n) is 8.54. The van der Waals surface area contributed by atoms with Gasteiger partial charge in [0, 0.05) is 44.4 Å². The van der Waals surface area contributed by atoms with Gasteiger partial charge in [0.05, 0.1) is 0 Å². The second kappa shape index (κ2) is 15.1. The average Bonchev–Trinajstić information content (AvgIpc) is 2.71. The van der Waals surface area contributed by atoms with Gasteiger partial charge in [-0.15, -0.1) is 0 Å². The third-order valence-corrected chi connectivity index (χ3v) is 5.79. The molecule has 2 aliphatic rings. The van der Waals surface area contributed by atoms with Crippen LogP contribution in [0, 0.1) is 11.8 Å². The minimum absolute atomic E-state index is 0.248. The Morgan fingerprint density at radius 2 is 1.52 bits per heavy atom. The molecule has 0 aromatic heterocycles. The van der Waals surface area contributed by atoms with Crippen molar-refractivity contribution in [2.75, 3.05) is 26.2 Å². The Labute approximate surface area is 167 Å². The van der Waals surface area contributed by atoms with Crippen molar-refractivity contribution in [1.29, 1.82) is 0 Å². The summed E-state index contributed by atoms with van der Waals surface area (Å²) in [5.74, 6) is 1.50. The van der Waals surface area contributed by atoms with Gasteiger partial charge in [-0.2, -0.15) is 0 Å². The normalized spacial score (nSPS) is 18.1. The molecule has 1 saturated carbocycles. The maximum atomic E-state index is 11.8. The van der Waals surface area contributed by atoms with Gasteiger partial charge in [0.2, 0.25) is 5.91 Å². The first kappa shape index (κ1) is 24.1. The van der Waals surface area contributed by atoms with Crippen molar-refractivity contribution in [1.82, 2.24) is 10.2 Å². The van der Waals surface area contributed by atoms with Crippen LogP contribution in [0.4, 0.5) is 0 Å². The summed E-state index contributed by atoms with van der Waals surface area (Å²) in [6.07, 6.45) is 14.5. The number of carbonyl (C=O) groups excluding carboxylic acids is 2. The minimum atomic E-state index is 0.248. The van der Waals surface area contributed by atoms with Crippen LogP contribution in [-0.4, -0.2) is 42.8 Å². The number of rotatable bonds is 9. The van der Waals surface area contributed by atoms with Gasteiger partial charge in [0.25, 0.3) is 0 Å². The van der Waals surface area contributed by atoms with Crippen molar-refractivity contribution >= 4 is 11.7 Å². The lowest BCUT2D eigenvalue weighted by Crippen LogP contribution is -2.46. The summed E-state index contributed by atoms with van der Waals surface area (Å²) in [5, 5.41) is 3.27. The largest absolute Gasteiger partial charge is 0.340 e. The fourth-order valence-electron chi connectivity index (χ4n) is 3.99. The Hall–Kier alpha value is -0.900. The van der Waals surface area contributed by atoms with Gasteiger partial charge < -0.3 is 10.2 Å². The van der Waals surface area contributed by atoms with Crippen LogP contribution in [0.1, 0.15) is 97.8 Å². The van der Waals surface area contributed by atoms with Crippen LogP contribution in [0.5, 0.6) is 0 Å². The summed E-state index contributed by atoms with van der Waals surface area (Å²) in [4.78, 5) is 25.3.